The third-order valence-electron chi connectivity index (χ3n) is 3.91. The maximum absolute atomic E-state index is 12.4. The molecule has 0 aromatic heterocycles. The number of ether oxygens (including phenoxy) is 2. The monoisotopic (exact) mass is 397 g/mol. The van der Waals surface area contributed by atoms with Crippen LogP contribution in [-0.2, 0) is 14.3 Å². The SMILES string of the molecule is CC(C)(C)OC(=O)Nc1ccc2c(c1)N(CC(=O)Nc1ccccc1)C(=O)CO2. The molecule has 0 atom stereocenters. The van der Waals surface area contributed by atoms with Crippen molar-refractivity contribution in [1.29, 1.82) is 0 Å². The quantitative estimate of drug-likeness (QED) is 0.824. The van der Waals surface area contributed by atoms with E-state index in [0.29, 0.717) is 22.8 Å². The second-order valence-corrected chi connectivity index (χ2v) is 7.49. The van der Waals surface area contributed by atoms with Crippen molar-refractivity contribution in [3.63, 3.8) is 0 Å². The molecule has 2 aromatic carbocycles. The van der Waals surface area contributed by atoms with Crippen LogP contribution in [0.25, 0.3) is 0 Å². The molecule has 8 heteroatoms. The zero-order chi connectivity index (χ0) is 21.0. The first kappa shape index (κ1) is 20.2. The van der Waals surface area contributed by atoms with Gasteiger partial charge in [-0.3, -0.25) is 19.8 Å². The lowest BCUT2D eigenvalue weighted by molar-refractivity contribution is -0.123. The zero-order valence-electron chi connectivity index (χ0n) is 16.5. The molecule has 0 saturated heterocycles. The van der Waals surface area contributed by atoms with Gasteiger partial charge in [-0.2, -0.15) is 0 Å². The van der Waals surface area contributed by atoms with E-state index in [1.165, 1.54) is 4.90 Å². The van der Waals surface area contributed by atoms with E-state index in [9.17, 15) is 14.4 Å². The number of rotatable bonds is 4. The lowest BCUT2D eigenvalue weighted by Crippen LogP contribution is -2.43. The molecule has 0 fully saturated rings. The molecule has 2 aromatic rings. The van der Waals surface area contributed by atoms with Crippen molar-refractivity contribution in [2.75, 3.05) is 28.7 Å². The Balaban J connectivity index is 1.75. The molecule has 29 heavy (non-hydrogen) atoms. The van der Waals surface area contributed by atoms with Gasteiger partial charge in [0.05, 0.1) is 5.69 Å². The number of anilines is 3. The summed E-state index contributed by atoms with van der Waals surface area (Å²) in [4.78, 5) is 38.1. The van der Waals surface area contributed by atoms with Crippen molar-refractivity contribution in [2.45, 2.75) is 26.4 Å². The smallest absolute Gasteiger partial charge is 0.412 e. The van der Waals surface area contributed by atoms with Crippen LogP contribution in [-0.4, -0.2) is 36.7 Å². The van der Waals surface area contributed by atoms with Crippen molar-refractivity contribution in [1.82, 2.24) is 0 Å². The number of hydrogen-bond acceptors (Lipinski definition) is 5. The lowest BCUT2D eigenvalue weighted by atomic mass is 10.2. The molecule has 1 aliphatic rings. The molecular formula is C21H23N3O5. The summed E-state index contributed by atoms with van der Waals surface area (Å²) in [6.45, 7) is 4.95. The number of carbonyl (C=O) groups is 3. The molecule has 0 radical (unpaired) electrons. The molecule has 152 valence electrons. The molecule has 0 saturated carbocycles. The molecule has 8 nitrogen and oxygen atoms in total. The predicted molar refractivity (Wildman–Crippen MR) is 109 cm³/mol. The minimum absolute atomic E-state index is 0.162. The van der Waals surface area contributed by atoms with E-state index in [4.69, 9.17) is 9.47 Å². The van der Waals surface area contributed by atoms with Gasteiger partial charge in [-0.25, -0.2) is 4.79 Å². The van der Waals surface area contributed by atoms with Crippen molar-refractivity contribution < 1.29 is 23.9 Å². The molecule has 0 aliphatic carbocycles. The first-order chi connectivity index (χ1) is 13.7. The van der Waals surface area contributed by atoms with Gasteiger partial charge in [-0.05, 0) is 51.1 Å². The van der Waals surface area contributed by atoms with Crippen LogP contribution in [0.2, 0.25) is 0 Å². The molecule has 3 amide bonds. The number of nitrogens with zero attached hydrogens (tertiary/aromatic N) is 1. The Morgan fingerprint density at radius 3 is 2.48 bits per heavy atom. The van der Waals surface area contributed by atoms with Crippen LogP contribution in [0, 0.1) is 0 Å². The minimum Gasteiger partial charge on any atom is -0.482 e. The van der Waals surface area contributed by atoms with E-state index in [1.807, 2.05) is 6.07 Å². The van der Waals surface area contributed by atoms with Gasteiger partial charge in [0.2, 0.25) is 5.91 Å². The Morgan fingerprint density at radius 1 is 1.07 bits per heavy atom. The summed E-state index contributed by atoms with van der Waals surface area (Å²) in [5.41, 5.74) is 0.820. The first-order valence-corrected chi connectivity index (χ1v) is 9.13. The van der Waals surface area contributed by atoms with Crippen LogP contribution in [0.15, 0.2) is 48.5 Å². The maximum Gasteiger partial charge on any atom is 0.412 e. The van der Waals surface area contributed by atoms with Crippen LogP contribution in [0.3, 0.4) is 0 Å². The van der Waals surface area contributed by atoms with E-state index in [-0.39, 0.29) is 25.0 Å². The van der Waals surface area contributed by atoms with Crippen LogP contribution >= 0.6 is 0 Å². The number of nitrogens with one attached hydrogen (secondary N) is 2. The molecule has 1 heterocycles. The average molecular weight is 397 g/mol. The number of para-hydroxylation sites is 1. The fourth-order valence-electron chi connectivity index (χ4n) is 2.74. The summed E-state index contributed by atoms with van der Waals surface area (Å²) in [7, 11) is 0. The second kappa shape index (κ2) is 8.22. The van der Waals surface area contributed by atoms with Gasteiger partial charge < -0.3 is 14.8 Å². The van der Waals surface area contributed by atoms with Gasteiger partial charge >= 0.3 is 6.09 Å². The van der Waals surface area contributed by atoms with Gasteiger partial charge in [-0.15, -0.1) is 0 Å². The number of fused-ring (bicyclic) bond motifs is 1. The lowest BCUT2D eigenvalue weighted by Gasteiger charge is -2.29. The molecule has 0 bridgehead atoms. The summed E-state index contributed by atoms with van der Waals surface area (Å²) in [5.74, 6) is -0.245. The molecule has 1 aliphatic heterocycles. The van der Waals surface area contributed by atoms with Gasteiger partial charge in [0, 0.05) is 11.4 Å². The van der Waals surface area contributed by atoms with Crippen molar-refractivity contribution in [3.05, 3.63) is 48.5 Å². The van der Waals surface area contributed by atoms with E-state index >= 15 is 0 Å². The average Bonchev–Trinajstić information content (AvgIpc) is 2.63. The highest BCUT2D eigenvalue weighted by Crippen LogP contribution is 2.34. The maximum atomic E-state index is 12.4. The Bertz CT molecular complexity index is 922. The predicted octanol–water partition coefficient (Wildman–Crippen LogP) is 3.40. The summed E-state index contributed by atoms with van der Waals surface area (Å²) >= 11 is 0. The topological polar surface area (TPSA) is 97.0 Å². The standard InChI is InChI=1S/C21H23N3O5/c1-21(2,3)29-20(27)23-15-9-10-17-16(11-15)24(19(26)13-28-17)12-18(25)22-14-7-5-4-6-8-14/h4-11H,12-13H2,1-3H3,(H,22,25)(H,23,27). The second-order valence-electron chi connectivity index (χ2n) is 7.49. The van der Waals surface area contributed by atoms with Gasteiger partial charge in [-0.1, -0.05) is 18.2 Å². The third kappa shape index (κ3) is 5.47. The van der Waals surface area contributed by atoms with Crippen LogP contribution in [0.1, 0.15) is 20.8 Å². The summed E-state index contributed by atoms with van der Waals surface area (Å²) < 4.78 is 10.7. The van der Waals surface area contributed by atoms with Crippen LogP contribution in [0.5, 0.6) is 5.75 Å². The number of carbonyl (C=O) groups excluding carboxylic acids is 3. The van der Waals surface area contributed by atoms with E-state index in [1.54, 1.807) is 63.2 Å². The third-order valence-corrected chi connectivity index (χ3v) is 3.91. The fraction of sp³-hybridized carbons (Fsp3) is 0.286. The van der Waals surface area contributed by atoms with E-state index in [0.717, 1.165) is 0 Å². The highest BCUT2D eigenvalue weighted by atomic mass is 16.6. The van der Waals surface area contributed by atoms with Crippen molar-refractivity contribution >= 4 is 35.0 Å². The van der Waals surface area contributed by atoms with Crippen LogP contribution in [0.4, 0.5) is 21.9 Å². The van der Waals surface area contributed by atoms with Crippen LogP contribution < -0.4 is 20.3 Å². The summed E-state index contributed by atoms with van der Waals surface area (Å²) in [6.07, 6.45) is -0.617. The van der Waals surface area contributed by atoms with E-state index < -0.39 is 11.7 Å². The number of benzene rings is 2. The van der Waals surface area contributed by atoms with Gasteiger partial charge in [0.25, 0.3) is 5.91 Å². The number of hydrogen-bond donors (Lipinski definition) is 2. The molecule has 0 spiro atoms. The normalized spacial score (nSPS) is 13.2. The molecular weight excluding hydrogens is 374 g/mol. The molecule has 0 unspecified atom stereocenters. The fourth-order valence-corrected chi connectivity index (χ4v) is 2.74. The molecule has 3 rings (SSSR count). The van der Waals surface area contributed by atoms with Gasteiger partial charge in [0.15, 0.2) is 6.61 Å². The Labute approximate surface area is 168 Å². The number of amides is 3. The summed E-state index contributed by atoms with van der Waals surface area (Å²) in [5, 5.41) is 5.37. The highest BCUT2D eigenvalue weighted by Gasteiger charge is 2.28. The van der Waals surface area contributed by atoms with Crippen molar-refractivity contribution in [3.8, 4) is 5.75 Å². The highest BCUT2D eigenvalue weighted by molar-refractivity contribution is 6.05. The largest absolute Gasteiger partial charge is 0.482 e. The first-order valence-electron chi connectivity index (χ1n) is 9.13. The Kier molecular flexibility index (Phi) is 5.72. The van der Waals surface area contributed by atoms with Crippen molar-refractivity contribution in [2.24, 2.45) is 0 Å². The van der Waals surface area contributed by atoms with E-state index in [2.05, 4.69) is 10.6 Å². The molecule has 2 N–H and O–H groups in total. The summed E-state index contributed by atoms with van der Waals surface area (Å²) in [6, 6.07) is 13.8. The minimum atomic E-state index is -0.640. The zero-order valence-corrected chi connectivity index (χ0v) is 16.5. The van der Waals surface area contributed by atoms with Gasteiger partial charge in [0.1, 0.15) is 17.9 Å². The Hall–Kier alpha value is -3.55. The Morgan fingerprint density at radius 2 is 1.79 bits per heavy atom.